The van der Waals surface area contributed by atoms with E-state index in [1.807, 2.05) is 6.92 Å². The summed E-state index contributed by atoms with van der Waals surface area (Å²) in [5.74, 6) is 0.341. The van der Waals surface area contributed by atoms with Gasteiger partial charge < -0.3 is 16.0 Å². The van der Waals surface area contributed by atoms with Crippen molar-refractivity contribution in [2.75, 3.05) is 13.1 Å². The minimum atomic E-state index is -0.410. The Morgan fingerprint density at radius 2 is 2.10 bits per heavy atom. The summed E-state index contributed by atoms with van der Waals surface area (Å²) in [6, 6.07) is -0.542. The van der Waals surface area contributed by atoms with E-state index in [0.29, 0.717) is 18.9 Å². The second kappa shape index (κ2) is 9.77. The molecule has 1 aliphatic heterocycles. The molecular formula is C16H31N3O2. The second-order valence-corrected chi connectivity index (χ2v) is 6.09. The Labute approximate surface area is 128 Å². The van der Waals surface area contributed by atoms with E-state index >= 15 is 0 Å². The summed E-state index contributed by atoms with van der Waals surface area (Å²) >= 11 is 0. The zero-order chi connectivity index (χ0) is 15.7. The lowest BCUT2D eigenvalue weighted by Gasteiger charge is -2.23. The third-order valence-electron chi connectivity index (χ3n) is 4.05. The van der Waals surface area contributed by atoms with Crippen LogP contribution in [0.25, 0.3) is 0 Å². The number of amides is 2. The highest BCUT2D eigenvalue weighted by Gasteiger charge is 2.27. The Balaban J connectivity index is 2.54. The molecule has 1 heterocycles. The first-order chi connectivity index (χ1) is 10.1. The van der Waals surface area contributed by atoms with E-state index in [2.05, 4.69) is 29.8 Å². The van der Waals surface area contributed by atoms with Crippen molar-refractivity contribution in [3.05, 3.63) is 0 Å². The van der Waals surface area contributed by atoms with Crippen LogP contribution in [-0.2, 0) is 9.59 Å². The van der Waals surface area contributed by atoms with Gasteiger partial charge >= 0.3 is 0 Å². The Bertz CT molecular complexity index is 327. The van der Waals surface area contributed by atoms with Crippen molar-refractivity contribution in [3.63, 3.8) is 0 Å². The zero-order valence-corrected chi connectivity index (χ0v) is 13.7. The molecule has 21 heavy (non-hydrogen) atoms. The third kappa shape index (κ3) is 6.46. The van der Waals surface area contributed by atoms with Crippen LogP contribution in [0.2, 0.25) is 0 Å². The average Bonchev–Trinajstić information content (AvgIpc) is 2.98. The highest BCUT2D eigenvalue weighted by molar-refractivity contribution is 5.89. The van der Waals surface area contributed by atoms with E-state index < -0.39 is 6.04 Å². The molecule has 0 aromatic carbocycles. The van der Waals surface area contributed by atoms with Crippen LogP contribution in [0, 0.1) is 5.92 Å². The first-order valence-electron chi connectivity index (χ1n) is 8.39. The number of unbranched alkanes of at least 4 members (excludes halogenated alkanes) is 1. The van der Waals surface area contributed by atoms with Crippen LogP contribution < -0.4 is 16.0 Å². The molecule has 1 aliphatic rings. The standard InChI is InChI=1S/C16H31N3O2/c1-4-6-8-12(3)11-14(15(20)17-5-2)19-16(21)13-9-7-10-18-13/h12-14,18H,4-11H2,1-3H3,(H,17,20)(H,19,21)/t12?,13-,14-/m0/s1. The van der Waals surface area contributed by atoms with Gasteiger partial charge in [-0.25, -0.2) is 0 Å². The minimum Gasteiger partial charge on any atom is -0.355 e. The molecule has 0 bridgehead atoms. The van der Waals surface area contributed by atoms with Gasteiger partial charge in [-0.3, -0.25) is 9.59 Å². The van der Waals surface area contributed by atoms with E-state index in [1.165, 1.54) is 6.42 Å². The molecule has 122 valence electrons. The van der Waals surface area contributed by atoms with Crippen LogP contribution in [-0.4, -0.2) is 37.0 Å². The van der Waals surface area contributed by atoms with Gasteiger partial charge in [-0.15, -0.1) is 0 Å². The molecule has 0 saturated carbocycles. The summed E-state index contributed by atoms with van der Waals surface area (Å²) in [6.45, 7) is 7.70. The predicted molar refractivity (Wildman–Crippen MR) is 84.9 cm³/mol. The van der Waals surface area contributed by atoms with Gasteiger partial charge in [-0.05, 0) is 38.6 Å². The molecule has 5 nitrogen and oxygen atoms in total. The smallest absolute Gasteiger partial charge is 0.242 e. The Hall–Kier alpha value is -1.10. The molecule has 1 rings (SSSR count). The topological polar surface area (TPSA) is 70.2 Å². The Morgan fingerprint density at radius 3 is 2.67 bits per heavy atom. The molecule has 3 atom stereocenters. The SMILES string of the molecule is CCCCC(C)C[C@H](NC(=O)[C@@H]1CCCN1)C(=O)NCC. The van der Waals surface area contributed by atoms with Crippen LogP contribution >= 0.6 is 0 Å². The lowest BCUT2D eigenvalue weighted by molar-refractivity contribution is -0.130. The molecule has 1 unspecified atom stereocenters. The summed E-state index contributed by atoms with van der Waals surface area (Å²) in [5.41, 5.74) is 0. The first-order valence-corrected chi connectivity index (χ1v) is 8.39. The van der Waals surface area contributed by atoms with E-state index in [1.54, 1.807) is 0 Å². The van der Waals surface area contributed by atoms with E-state index in [4.69, 9.17) is 0 Å². The molecule has 0 aromatic heterocycles. The number of likely N-dealkylation sites (N-methyl/N-ethyl adjacent to an activating group) is 1. The molecule has 0 radical (unpaired) electrons. The third-order valence-corrected chi connectivity index (χ3v) is 4.05. The average molecular weight is 297 g/mol. The quantitative estimate of drug-likeness (QED) is 0.605. The van der Waals surface area contributed by atoms with E-state index in [0.717, 1.165) is 32.2 Å². The van der Waals surface area contributed by atoms with Crippen molar-refractivity contribution in [3.8, 4) is 0 Å². The monoisotopic (exact) mass is 297 g/mol. The van der Waals surface area contributed by atoms with Gasteiger partial charge in [-0.1, -0.05) is 33.1 Å². The van der Waals surface area contributed by atoms with Crippen LogP contribution in [0.5, 0.6) is 0 Å². The van der Waals surface area contributed by atoms with Crippen molar-refractivity contribution in [1.29, 1.82) is 0 Å². The number of hydrogen-bond donors (Lipinski definition) is 3. The summed E-state index contributed by atoms with van der Waals surface area (Å²) in [5, 5.41) is 8.94. The summed E-state index contributed by atoms with van der Waals surface area (Å²) in [6.07, 6.45) is 6.03. The van der Waals surface area contributed by atoms with Gasteiger partial charge in [0.1, 0.15) is 6.04 Å². The van der Waals surface area contributed by atoms with Gasteiger partial charge in [0.25, 0.3) is 0 Å². The number of carbonyl (C=O) groups is 2. The number of hydrogen-bond acceptors (Lipinski definition) is 3. The fourth-order valence-corrected chi connectivity index (χ4v) is 2.78. The molecule has 0 spiro atoms. The van der Waals surface area contributed by atoms with Gasteiger partial charge in [0.05, 0.1) is 6.04 Å². The highest BCUT2D eigenvalue weighted by Crippen LogP contribution is 2.15. The van der Waals surface area contributed by atoms with Crippen molar-refractivity contribution >= 4 is 11.8 Å². The molecule has 0 aromatic rings. The van der Waals surface area contributed by atoms with Gasteiger partial charge in [0, 0.05) is 6.54 Å². The van der Waals surface area contributed by atoms with Crippen molar-refractivity contribution < 1.29 is 9.59 Å². The lowest BCUT2D eigenvalue weighted by atomic mass is 9.95. The molecule has 2 amide bonds. The van der Waals surface area contributed by atoms with Crippen LogP contribution in [0.4, 0.5) is 0 Å². The maximum atomic E-state index is 12.2. The fourth-order valence-electron chi connectivity index (χ4n) is 2.78. The maximum Gasteiger partial charge on any atom is 0.242 e. The largest absolute Gasteiger partial charge is 0.355 e. The number of carbonyl (C=O) groups excluding carboxylic acids is 2. The Morgan fingerprint density at radius 1 is 1.33 bits per heavy atom. The van der Waals surface area contributed by atoms with Crippen LogP contribution in [0.1, 0.15) is 59.3 Å². The van der Waals surface area contributed by atoms with Gasteiger partial charge in [-0.2, -0.15) is 0 Å². The normalized spacial score (nSPS) is 20.8. The predicted octanol–water partition coefficient (Wildman–Crippen LogP) is 1.58. The molecular weight excluding hydrogens is 266 g/mol. The van der Waals surface area contributed by atoms with Crippen LogP contribution in [0.3, 0.4) is 0 Å². The minimum absolute atomic E-state index is 0.0357. The van der Waals surface area contributed by atoms with Crippen molar-refractivity contribution in [2.45, 2.75) is 71.4 Å². The van der Waals surface area contributed by atoms with Crippen molar-refractivity contribution in [1.82, 2.24) is 16.0 Å². The van der Waals surface area contributed by atoms with E-state index in [-0.39, 0.29) is 17.9 Å². The van der Waals surface area contributed by atoms with Crippen molar-refractivity contribution in [2.24, 2.45) is 5.92 Å². The van der Waals surface area contributed by atoms with Crippen LogP contribution in [0.15, 0.2) is 0 Å². The number of rotatable bonds is 9. The fraction of sp³-hybridized carbons (Fsp3) is 0.875. The maximum absolute atomic E-state index is 12.2. The first kappa shape index (κ1) is 18.0. The Kier molecular flexibility index (Phi) is 8.35. The molecule has 1 fully saturated rings. The zero-order valence-electron chi connectivity index (χ0n) is 13.7. The molecule has 0 aliphatic carbocycles. The summed E-state index contributed by atoms with van der Waals surface area (Å²) in [7, 11) is 0. The van der Waals surface area contributed by atoms with E-state index in [9.17, 15) is 9.59 Å². The molecule has 1 saturated heterocycles. The summed E-state index contributed by atoms with van der Waals surface area (Å²) in [4.78, 5) is 24.4. The molecule has 5 heteroatoms. The second-order valence-electron chi connectivity index (χ2n) is 6.09. The lowest BCUT2D eigenvalue weighted by Crippen LogP contribution is -2.52. The van der Waals surface area contributed by atoms with Gasteiger partial charge in [0.15, 0.2) is 0 Å². The summed E-state index contributed by atoms with van der Waals surface area (Å²) < 4.78 is 0. The number of nitrogens with one attached hydrogen (secondary N) is 3. The highest BCUT2D eigenvalue weighted by atomic mass is 16.2. The molecule has 3 N–H and O–H groups in total. The van der Waals surface area contributed by atoms with Gasteiger partial charge in [0.2, 0.25) is 11.8 Å².